The molecule has 2 aliphatic heterocycles. The summed E-state index contributed by atoms with van der Waals surface area (Å²) in [5, 5.41) is 0. The molecule has 2 amide bonds. The minimum absolute atomic E-state index is 0.00176. The Morgan fingerprint density at radius 3 is 2.30 bits per heavy atom. The lowest BCUT2D eigenvalue weighted by Gasteiger charge is -2.35. The number of likely N-dealkylation sites (tertiary alicyclic amines) is 2. The van der Waals surface area contributed by atoms with Crippen molar-refractivity contribution >= 4 is 11.8 Å². The molecule has 27 heavy (non-hydrogen) atoms. The number of hydrogen-bond acceptors (Lipinski definition) is 3. The monoisotopic (exact) mass is 381 g/mol. The van der Waals surface area contributed by atoms with E-state index in [-0.39, 0.29) is 48.2 Å². The van der Waals surface area contributed by atoms with Gasteiger partial charge < -0.3 is 15.5 Å². The molecule has 2 N–H and O–H groups in total. The minimum Gasteiger partial charge on any atom is -0.336 e. The zero-order valence-corrected chi connectivity index (χ0v) is 14.8. The van der Waals surface area contributed by atoms with Crippen molar-refractivity contribution in [1.29, 1.82) is 0 Å². The van der Waals surface area contributed by atoms with Crippen LogP contribution in [0.1, 0.15) is 31.2 Å². The van der Waals surface area contributed by atoms with Gasteiger partial charge in [-0.25, -0.2) is 13.2 Å². The van der Waals surface area contributed by atoms with Crippen molar-refractivity contribution in [3.8, 4) is 0 Å². The van der Waals surface area contributed by atoms with E-state index in [4.69, 9.17) is 5.73 Å². The number of amides is 2. The number of nitrogens with zero attached hydrogens (tertiary/aromatic N) is 2. The fourth-order valence-corrected chi connectivity index (χ4v) is 4.22. The van der Waals surface area contributed by atoms with Gasteiger partial charge in [0.2, 0.25) is 11.8 Å². The number of benzene rings is 1. The summed E-state index contributed by atoms with van der Waals surface area (Å²) in [5.74, 6) is -3.02. The van der Waals surface area contributed by atoms with Crippen molar-refractivity contribution in [2.75, 3.05) is 13.1 Å². The summed E-state index contributed by atoms with van der Waals surface area (Å²) in [6, 6.07) is 0.669. The summed E-state index contributed by atoms with van der Waals surface area (Å²) in [4.78, 5) is 28.5. The topological polar surface area (TPSA) is 66.6 Å². The first kappa shape index (κ1) is 18.3. The van der Waals surface area contributed by atoms with Crippen molar-refractivity contribution in [2.24, 2.45) is 11.7 Å². The maximum absolute atomic E-state index is 13.7. The molecule has 146 valence electrons. The lowest BCUT2D eigenvalue weighted by atomic mass is 10.0. The molecule has 2 saturated heterocycles. The lowest BCUT2D eigenvalue weighted by Crippen LogP contribution is -2.51. The SMILES string of the molecule is N[C@@H](CC(=O)N1C[C@H]2C[C@@H]1CN2C(=O)C1CC1)Cc1cc(F)c(F)cc1F. The lowest BCUT2D eigenvalue weighted by molar-refractivity contribution is -0.140. The first-order chi connectivity index (χ1) is 12.8. The van der Waals surface area contributed by atoms with E-state index in [0.29, 0.717) is 19.2 Å². The molecular weight excluding hydrogens is 359 g/mol. The predicted molar refractivity (Wildman–Crippen MR) is 91.0 cm³/mol. The van der Waals surface area contributed by atoms with Gasteiger partial charge in [0.05, 0.1) is 12.1 Å². The predicted octanol–water partition coefficient (Wildman–Crippen LogP) is 1.59. The molecule has 2 bridgehead atoms. The average Bonchev–Trinajstić information content (AvgIpc) is 3.27. The van der Waals surface area contributed by atoms with Crippen LogP contribution in [0.5, 0.6) is 0 Å². The van der Waals surface area contributed by atoms with E-state index in [1.54, 1.807) is 4.90 Å². The van der Waals surface area contributed by atoms with Gasteiger partial charge in [-0.05, 0) is 37.3 Å². The summed E-state index contributed by atoms with van der Waals surface area (Å²) < 4.78 is 40.0. The Balaban J connectivity index is 1.32. The fraction of sp³-hybridized carbons (Fsp3) is 0.579. The Bertz CT molecular complexity index is 784. The van der Waals surface area contributed by atoms with Crippen LogP contribution in [0.2, 0.25) is 0 Å². The Hall–Kier alpha value is -2.09. The van der Waals surface area contributed by atoms with Gasteiger partial charge in [0.25, 0.3) is 0 Å². The molecule has 3 aliphatic rings. The van der Waals surface area contributed by atoms with Crippen LogP contribution in [0.15, 0.2) is 12.1 Å². The molecular formula is C19H22F3N3O2. The smallest absolute Gasteiger partial charge is 0.226 e. The van der Waals surface area contributed by atoms with E-state index in [9.17, 15) is 22.8 Å². The van der Waals surface area contributed by atoms with Gasteiger partial charge >= 0.3 is 0 Å². The number of nitrogens with two attached hydrogens (primary N) is 1. The molecule has 5 nitrogen and oxygen atoms in total. The number of halogens is 3. The maximum Gasteiger partial charge on any atom is 0.226 e. The van der Waals surface area contributed by atoms with Gasteiger partial charge in [-0.15, -0.1) is 0 Å². The summed E-state index contributed by atoms with van der Waals surface area (Å²) in [6.07, 6.45) is 2.66. The zero-order valence-electron chi connectivity index (χ0n) is 14.8. The molecule has 8 heteroatoms. The fourth-order valence-electron chi connectivity index (χ4n) is 4.22. The second-order valence-corrected chi connectivity index (χ2v) is 7.88. The molecule has 0 radical (unpaired) electrons. The van der Waals surface area contributed by atoms with Crippen LogP contribution in [-0.4, -0.2) is 52.8 Å². The van der Waals surface area contributed by atoms with E-state index < -0.39 is 23.5 Å². The molecule has 3 atom stereocenters. The molecule has 1 aromatic carbocycles. The molecule has 1 aromatic rings. The standard InChI is InChI=1S/C19H22F3N3O2/c20-15-7-17(22)16(21)4-11(15)3-12(23)5-18(26)24-8-14-6-13(24)9-25(14)19(27)10-1-2-10/h4,7,10,12-14H,1-3,5-6,8-9,23H2/t12-,13-,14-/m1/s1. The number of fused-ring (bicyclic) bond motifs is 2. The van der Waals surface area contributed by atoms with Crippen LogP contribution in [0.4, 0.5) is 13.2 Å². The van der Waals surface area contributed by atoms with Crippen LogP contribution in [0.3, 0.4) is 0 Å². The molecule has 3 fully saturated rings. The van der Waals surface area contributed by atoms with E-state index >= 15 is 0 Å². The molecule has 2 heterocycles. The second-order valence-electron chi connectivity index (χ2n) is 7.88. The van der Waals surface area contributed by atoms with Crippen molar-refractivity contribution < 1.29 is 22.8 Å². The van der Waals surface area contributed by atoms with Gasteiger partial charge in [-0.1, -0.05) is 0 Å². The van der Waals surface area contributed by atoms with Gasteiger partial charge in [0.1, 0.15) is 5.82 Å². The number of carbonyl (C=O) groups excluding carboxylic acids is 2. The number of rotatable bonds is 5. The number of piperazine rings is 1. The van der Waals surface area contributed by atoms with Gasteiger partial charge in [-0.3, -0.25) is 9.59 Å². The molecule has 0 aromatic heterocycles. The van der Waals surface area contributed by atoms with Gasteiger partial charge in [0, 0.05) is 37.5 Å². The Morgan fingerprint density at radius 1 is 1.04 bits per heavy atom. The highest BCUT2D eigenvalue weighted by molar-refractivity contribution is 5.83. The van der Waals surface area contributed by atoms with Crippen molar-refractivity contribution in [1.82, 2.24) is 9.80 Å². The van der Waals surface area contributed by atoms with E-state index in [1.165, 1.54) is 0 Å². The average molecular weight is 381 g/mol. The highest BCUT2D eigenvalue weighted by Crippen LogP contribution is 2.37. The Labute approximate surface area is 155 Å². The second kappa shape index (κ2) is 6.82. The largest absolute Gasteiger partial charge is 0.336 e. The summed E-state index contributed by atoms with van der Waals surface area (Å²) >= 11 is 0. The third kappa shape index (κ3) is 3.54. The molecule has 1 aliphatic carbocycles. The van der Waals surface area contributed by atoms with Crippen LogP contribution >= 0.6 is 0 Å². The van der Waals surface area contributed by atoms with Gasteiger partial charge in [0.15, 0.2) is 11.6 Å². The van der Waals surface area contributed by atoms with E-state index in [0.717, 1.165) is 25.3 Å². The van der Waals surface area contributed by atoms with E-state index in [1.807, 2.05) is 4.90 Å². The Kier molecular flexibility index (Phi) is 4.61. The number of carbonyl (C=O) groups is 2. The summed E-state index contributed by atoms with van der Waals surface area (Å²) in [6.45, 7) is 1.08. The Morgan fingerprint density at radius 2 is 1.67 bits per heavy atom. The highest BCUT2D eigenvalue weighted by Gasteiger charge is 2.49. The first-order valence-electron chi connectivity index (χ1n) is 9.32. The van der Waals surface area contributed by atoms with Crippen molar-refractivity contribution in [2.45, 2.75) is 50.2 Å². The van der Waals surface area contributed by atoms with Crippen LogP contribution < -0.4 is 5.73 Å². The first-order valence-corrected chi connectivity index (χ1v) is 9.32. The number of hydrogen-bond donors (Lipinski definition) is 1. The molecule has 4 rings (SSSR count). The molecule has 1 saturated carbocycles. The van der Waals surface area contributed by atoms with Crippen LogP contribution in [-0.2, 0) is 16.0 Å². The third-order valence-electron chi connectivity index (χ3n) is 5.78. The maximum atomic E-state index is 13.7. The minimum atomic E-state index is -1.25. The summed E-state index contributed by atoms with van der Waals surface area (Å²) in [5.41, 5.74) is 5.91. The highest BCUT2D eigenvalue weighted by atomic mass is 19.2. The molecule has 0 unspecified atom stereocenters. The van der Waals surface area contributed by atoms with Crippen molar-refractivity contribution in [3.63, 3.8) is 0 Å². The quantitative estimate of drug-likeness (QED) is 0.788. The third-order valence-corrected chi connectivity index (χ3v) is 5.78. The van der Waals surface area contributed by atoms with Crippen molar-refractivity contribution in [3.05, 3.63) is 35.1 Å². The van der Waals surface area contributed by atoms with Gasteiger partial charge in [-0.2, -0.15) is 0 Å². The normalized spacial score (nSPS) is 25.2. The summed E-state index contributed by atoms with van der Waals surface area (Å²) in [7, 11) is 0. The molecule has 0 spiro atoms. The van der Waals surface area contributed by atoms with Crippen LogP contribution in [0.25, 0.3) is 0 Å². The van der Waals surface area contributed by atoms with Crippen LogP contribution in [0, 0.1) is 23.4 Å². The van der Waals surface area contributed by atoms with E-state index in [2.05, 4.69) is 0 Å². The zero-order chi connectivity index (χ0) is 19.3.